The summed E-state index contributed by atoms with van der Waals surface area (Å²) in [5, 5.41) is 3.19. The molecule has 0 aromatic heterocycles. The van der Waals surface area contributed by atoms with Gasteiger partial charge in [0, 0.05) is 18.5 Å². The van der Waals surface area contributed by atoms with Crippen molar-refractivity contribution in [2.45, 2.75) is 25.8 Å². The molecule has 1 aromatic carbocycles. The van der Waals surface area contributed by atoms with Crippen LogP contribution in [0, 0.1) is 5.82 Å². The molecule has 1 aliphatic rings. The quantitative estimate of drug-likeness (QED) is 0.882. The van der Waals surface area contributed by atoms with Gasteiger partial charge in [-0.25, -0.2) is 4.39 Å². The third-order valence-corrected chi connectivity index (χ3v) is 3.30. The van der Waals surface area contributed by atoms with Crippen LogP contribution in [-0.2, 0) is 4.79 Å². The zero-order valence-corrected chi connectivity index (χ0v) is 10.9. The number of hydrogen-bond acceptors (Lipinski definition) is 3. The van der Waals surface area contributed by atoms with Gasteiger partial charge in [0.15, 0.2) is 0 Å². The van der Waals surface area contributed by atoms with Crippen LogP contribution >= 0.6 is 0 Å². The SMILES string of the molecule is CC(=O)N(C(=O)c1cccc(F)c1)C1CCNCC1. The Bertz CT molecular complexity index is 484. The Morgan fingerprint density at radius 2 is 2.00 bits per heavy atom. The maximum atomic E-state index is 13.2. The first-order valence-electron chi connectivity index (χ1n) is 6.40. The van der Waals surface area contributed by atoms with E-state index in [9.17, 15) is 14.0 Å². The number of hydrogen-bond donors (Lipinski definition) is 1. The number of nitrogens with zero attached hydrogens (tertiary/aromatic N) is 1. The molecule has 2 rings (SSSR count). The van der Waals surface area contributed by atoms with E-state index >= 15 is 0 Å². The second-order valence-electron chi connectivity index (χ2n) is 4.69. The molecule has 1 saturated heterocycles. The average Bonchev–Trinajstić information content (AvgIpc) is 2.39. The Labute approximate surface area is 111 Å². The van der Waals surface area contributed by atoms with Crippen molar-refractivity contribution in [3.8, 4) is 0 Å². The van der Waals surface area contributed by atoms with Gasteiger partial charge in [-0.1, -0.05) is 6.07 Å². The number of piperidine rings is 1. The van der Waals surface area contributed by atoms with Crippen LogP contribution in [0.5, 0.6) is 0 Å². The van der Waals surface area contributed by atoms with E-state index < -0.39 is 11.7 Å². The lowest BCUT2D eigenvalue weighted by Gasteiger charge is -2.32. The number of halogens is 1. The fourth-order valence-corrected chi connectivity index (χ4v) is 2.39. The highest BCUT2D eigenvalue weighted by molar-refractivity contribution is 6.04. The summed E-state index contributed by atoms with van der Waals surface area (Å²) in [6.07, 6.45) is 1.47. The van der Waals surface area contributed by atoms with Crippen molar-refractivity contribution in [1.29, 1.82) is 0 Å². The monoisotopic (exact) mass is 264 g/mol. The molecular formula is C14H17FN2O2. The van der Waals surface area contributed by atoms with Crippen LogP contribution < -0.4 is 5.32 Å². The molecule has 1 aromatic rings. The molecule has 0 saturated carbocycles. The highest BCUT2D eigenvalue weighted by atomic mass is 19.1. The van der Waals surface area contributed by atoms with Gasteiger partial charge >= 0.3 is 0 Å². The zero-order chi connectivity index (χ0) is 13.8. The molecule has 0 radical (unpaired) electrons. The lowest BCUT2D eigenvalue weighted by atomic mass is 10.0. The fraction of sp³-hybridized carbons (Fsp3) is 0.429. The van der Waals surface area contributed by atoms with Gasteiger partial charge in [-0.05, 0) is 44.1 Å². The third kappa shape index (κ3) is 3.17. The molecule has 5 heteroatoms. The second kappa shape index (κ2) is 5.93. The van der Waals surface area contributed by atoms with Gasteiger partial charge in [0.05, 0.1) is 0 Å². The lowest BCUT2D eigenvalue weighted by molar-refractivity contribution is -0.128. The summed E-state index contributed by atoms with van der Waals surface area (Å²) in [5.41, 5.74) is 0.216. The van der Waals surface area contributed by atoms with Crippen molar-refractivity contribution in [3.63, 3.8) is 0 Å². The smallest absolute Gasteiger partial charge is 0.260 e. The molecule has 1 N–H and O–H groups in total. The maximum Gasteiger partial charge on any atom is 0.260 e. The summed E-state index contributed by atoms with van der Waals surface area (Å²) in [7, 11) is 0. The number of amides is 2. The van der Waals surface area contributed by atoms with Crippen molar-refractivity contribution in [3.05, 3.63) is 35.6 Å². The van der Waals surface area contributed by atoms with Crippen molar-refractivity contribution >= 4 is 11.8 Å². The highest BCUT2D eigenvalue weighted by Crippen LogP contribution is 2.16. The fourth-order valence-electron chi connectivity index (χ4n) is 2.39. The van der Waals surface area contributed by atoms with Crippen LogP contribution in [0.2, 0.25) is 0 Å². The van der Waals surface area contributed by atoms with Gasteiger partial charge in [0.1, 0.15) is 5.82 Å². The van der Waals surface area contributed by atoms with E-state index in [1.807, 2.05) is 0 Å². The number of carbonyl (C=O) groups is 2. The first-order chi connectivity index (χ1) is 9.09. The molecule has 102 valence electrons. The van der Waals surface area contributed by atoms with Gasteiger partial charge in [-0.2, -0.15) is 0 Å². The van der Waals surface area contributed by atoms with E-state index in [-0.39, 0.29) is 17.5 Å². The molecular weight excluding hydrogens is 247 g/mol. The Morgan fingerprint density at radius 3 is 2.58 bits per heavy atom. The lowest BCUT2D eigenvalue weighted by Crippen LogP contribution is -2.48. The van der Waals surface area contributed by atoms with Gasteiger partial charge in [0.2, 0.25) is 5.91 Å². The first-order valence-corrected chi connectivity index (χ1v) is 6.40. The summed E-state index contributed by atoms with van der Waals surface area (Å²) in [5.74, 6) is -1.18. The Balaban J connectivity index is 2.23. The van der Waals surface area contributed by atoms with E-state index in [1.165, 1.54) is 36.1 Å². The molecule has 1 fully saturated rings. The summed E-state index contributed by atoms with van der Waals surface area (Å²) < 4.78 is 13.2. The topological polar surface area (TPSA) is 49.4 Å². The Hall–Kier alpha value is -1.75. The predicted molar refractivity (Wildman–Crippen MR) is 69.1 cm³/mol. The first kappa shape index (κ1) is 13.7. The standard InChI is InChI=1S/C14H17FN2O2/c1-10(18)17(13-5-7-16-8-6-13)14(19)11-3-2-4-12(15)9-11/h2-4,9,13,16H,5-8H2,1H3. The van der Waals surface area contributed by atoms with Gasteiger partial charge in [-0.3, -0.25) is 14.5 Å². The minimum absolute atomic E-state index is 0.102. The van der Waals surface area contributed by atoms with Crippen LogP contribution in [0.15, 0.2) is 24.3 Å². The Morgan fingerprint density at radius 1 is 1.32 bits per heavy atom. The molecule has 0 spiro atoms. The number of rotatable bonds is 2. The minimum Gasteiger partial charge on any atom is -0.317 e. The van der Waals surface area contributed by atoms with Crippen molar-refractivity contribution < 1.29 is 14.0 Å². The molecule has 4 nitrogen and oxygen atoms in total. The molecule has 0 bridgehead atoms. The highest BCUT2D eigenvalue weighted by Gasteiger charge is 2.29. The normalized spacial score (nSPS) is 16.1. The summed E-state index contributed by atoms with van der Waals surface area (Å²) in [6, 6.07) is 5.35. The molecule has 1 aliphatic heterocycles. The largest absolute Gasteiger partial charge is 0.317 e. The van der Waals surface area contributed by atoms with Crippen molar-refractivity contribution in [1.82, 2.24) is 10.2 Å². The van der Waals surface area contributed by atoms with Crippen LogP contribution in [0.3, 0.4) is 0 Å². The number of carbonyl (C=O) groups excluding carboxylic acids is 2. The van der Waals surface area contributed by atoms with Crippen molar-refractivity contribution in [2.75, 3.05) is 13.1 Å². The van der Waals surface area contributed by atoms with E-state index in [1.54, 1.807) is 0 Å². The van der Waals surface area contributed by atoms with E-state index in [4.69, 9.17) is 0 Å². The van der Waals surface area contributed by atoms with Crippen molar-refractivity contribution in [2.24, 2.45) is 0 Å². The van der Waals surface area contributed by atoms with Gasteiger partial charge in [0.25, 0.3) is 5.91 Å². The summed E-state index contributed by atoms with van der Waals surface area (Å²) in [6.45, 7) is 2.94. The number of benzene rings is 1. The molecule has 0 atom stereocenters. The predicted octanol–water partition coefficient (Wildman–Crippen LogP) is 1.57. The van der Waals surface area contributed by atoms with Crippen LogP contribution in [0.4, 0.5) is 4.39 Å². The Kier molecular flexibility index (Phi) is 4.27. The van der Waals surface area contributed by atoms with E-state index in [0.29, 0.717) is 0 Å². The molecule has 1 heterocycles. The van der Waals surface area contributed by atoms with Crippen LogP contribution in [0.25, 0.3) is 0 Å². The summed E-state index contributed by atoms with van der Waals surface area (Å²) >= 11 is 0. The molecule has 19 heavy (non-hydrogen) atoms. The second-order valence-corrected chi connectivity index (χ2v) is 4.69. The molecule has 2 amide bonds. The van der Waals surface area contributed by atoms with Crippen LogP contribution in [0.1, 0.15) is 30.1 Å². The summed E-state index contributed by atoms with van der Waals surface area (Å²) in [4.78, 5) is 25.3. The molecule has 0 aliphatic carbocycles. The minimum atomic E-state index is -0.473. The number of nitrogens with one attached hydrogen (secondary N) is 1. The third-order valence-electron chi connectivity index (χ3n) is 3.30. The van der Waals surface area contributed by atoms with E-state index in [2.05, 4.69) is 5.32 Å². The van der Waals surface area contributed by atoms with Crippen LogP contribution in [-0.4, -0.2) is 35.8 Å². The average molecular weight is 264 g/mol. The zero-order valence-electron chi connectivity index (χ0n) is 10.9. The van der Waals surface area contributed by atoms with E-state index in [0.717, 1.165) is 25.9 Å². The number of imide groups is 1. The van der Waals surface area contributed by atoms with Gasteiger partial charge in [-0.15, -0.1) is 0 Å². The molecule has 0 unspecified atom stereocenters. The van der Waals surface area contributed by atoms with Gasteiger partial charge < -0.3 is 5.32 Å². The maximum absolute atomic E-state index is 13.2.